The summed E-state index contributed by atoms with van der Waals surface area (Å²) in [6.45, 7) is 0. The number of carbonyl (C=O) groups excluding carboxylic acids is 3. The Bertz CT molecular complexity index is 1090. The Morgan fingerprint density at radius 2 is 1.97 bits per heavy atom. The van der Waals surface area contributed by atoms with E-state index in [0.29, 0.717) is 21.3 Å². The fraction of sp³-hybridized carbons (Fsp3) is 0.182. The normalized spacial score (nSPS) is 15.6. The summed E-state index contributed by atoms with van der Waals surface area (Å²) in [6.07, 6.45) is 0.132. The van der Waals surface area contributed by atoms with Crippen molar-refractivity contribution in [1.82, 2.24) is 5.32 Å². The van der Waals surface area contributed by atoms with Gasteiger partial charge in [-0.05, 0) is 29.8 Å². The highest BCUT2D eigenvalue weighted by Gasteiger charge is 2.30. The molecule has 9 heteroatoms. The molecule has 3 rings (SSSR count). The lowest BCUT2D eigenvalue weighted by Gasteiger charge is -2.25. The Balaban J connectivity index is 1.76. The number of hydrogen-bond donors (Lipinski definition) is 2. The van der Waals surface area contributed by atoms with E-state index in [4.69, 9.17) is 16.3 Å². The van der Waals surface area contributed by atoms with Crippen LogP contribution in [0.2, 0.25) is 5.02 Å². The molecule has 0 saturated carbocycles. The number of anilines is 1. The van der Waals surface area contributed by atoms with E-state index in [1.807, 2.05) is 0 Å². The van der Waals surface area contributed by atoms with E-state index in [0.717, 1.165) is 17.3 Å². The second-order valence-electron chi connectivity index (χ2n) is 6.59. The molecule has 2 amide bonds. The highest BCUT2D eigenvalue weighted by atomic mass is 35.5. The smallest absolute Gasteiger partial charge is 0.339 e. The van der Waals surface area contributed by atoms with Crippen molar-refractivity contribution in [2.24, 2.45) is 0 Å². The largest absolute Gasteiger partial charge is 0.465 e. The number of amides is 2. The second-order valence-corrected chi connectivity index (χ2v) is 8.01. The molecule has 0 saturated heterocycles. The molecule has 0 aliphatic carbocycles. The second kappa shape index (κ2) is 10.2. The van der Waals surface area contributed by atoms with Gasteiger partial charge in [-0.25, -0.2) is 4.79 Å². The number of esters is 1. The molecule has 1 atom stereocenters. The maximum absolute atomic E-state index is 12.5. The SMILES string of the molecule is COC(=O)c1ccccc1NC(=O)CSC1=C(C#N)C(c2ccc(Cl)cc2)CC(=O)N1. The molecule has 1 heterocycles. The van der Waals surface area contributed by atoms with E-state index in [2.05, 4.69) is 16.7 Å². The molecule has 158 valence electrons. The summed E-state index contributed by atoms with van der Waals surface area (Å²) in [5, 5.41) is 16.0. The van der Waals surface area contributed by atoms with Crippen molar-refractivity contribution in [2.45, 2.75) is 12.3 Å². The first kappa shape index (κ1) is 22.4. The van der Waals surface area contributed by atoms with Crippen LogP contribution in [0.15, 0.2) is 59.1 Å². The van der Waals surface area contributed by atoms with Gasteiger partial charge in [0, 0.05) is 17.4 Å². The van der Waals surface area contributed by atoms with Gasteiger partial charge in [-0.15, -0.1) is 0 Å². The van der Waals surface area contributed by atoms with Gasteiger partial charge in [-0.2, -0.15) is 5.26 Å². The molecule has 7 nitrogen and oxygen atoms in total. The van der Waals surface area contributed by atoms with Gasteiger partial charge in [0.15, 0.2) is 0 Å². The van der Waals surface area contributed by atoms with Gasteiger partial charge < -0.3 is 15.4 Å². The summed E-state index contributed by atoms with van der Waals surface area (Å²) in [5.74, 6) is -1.68. The first-order valence-corrected chi connectivity index (χ1v) is 10.6. The van der Waals surface area contributed by atoms with Gasteiger partial charge >= 0.3 is 5.97 Å². The number of nitrogens with one attached hydrogen (secondary N) is 2. The zero-order valence-electron chi connectivity index (χ0n) is 16.5. The Labute approximate surface area is 188 Å². The summed E-state index contributed by atoms with van der Waals surface area (Å²) in [6, 6.07) is 15.6. The minimum Gasteiger partial charge on any atom is -0.465 e. The maximum Gasteiger partial charge on any atom is 0.339 e. The van der Waals surface area contributed by atoms with Crippen molar-refractivity contribution in [3.63, 3.8) is 0 Å². The van der Waals surface area contributed by atoms with Crippen molar-refractivity contribution in [3.8, 4) is 6.07 Å². The summed E-state index contributed by atoms with van der Waals surface area (Å²) >= 11 is 6.99. The van der Waals surface area contributed by atoms with E-state index in [1.165, 1.54) is 7.11 Å². The molecule has 1 aliphatic heterocycles. The highest BCUT2D eigenvalue weighted by Crippen LogP contribution is 2.36. The van der Waals surface area contributed by atoms with E-state index < -0.39 is 17.8 Å². The quantitative estimate of drug-likeness (QED) is 0.640. The molecule has 31 heavy (non-hydrogen) atoms. The molecule has 0 spiro atoms. The molecule has 1 unspecified atom stereocenters. The molecular weight excluding hydrogens is 438 g/mol. The molecule has 2 aromatic carbocycles. The first-order valence-electron chi connectivity index (χ1n) is 9.22. The van der Waals surface area contributed by atoms with Crippen LogP contribution in [-0.2, 0) is 14.3 Å². The van der Waals surface area contributed by atoms with Crippen molar-refractivity contribution in [3.05, 3.63) is 75.3 Å². The third-order valence-electron chi connectivity index (χ3n) is 4.58. The molecule has 0 fully saturated rings. The fourth-order valence-corrected chi connectivity index (χ4v) is 4.12. The number of nitrogens with zero attached hydrogens (tertiary/aromatic N) is 1. The van der Waals surface area contributed by atoms with E-state index in [-0.39, 0.29) is 23.6 Å². The van der Waals surface area contributed by atoms with Gasteiger partial charge in [0.25, 0.3) is 0 Å². The standard InChI is InChI=1S/C22H18ClN3O4S/c1-30-22(29)15-4-2-3-5-18(15)25-20(28)12-31-21-17(11-24)16(10-19(27)26-21)13-6-8-14(23)9-7-13/h2-9,16H,10,12H2,1H3,(H,25,28)(H,26,27). The highest BCUT2D eigenvalue weighted by molar-refractivity contribution is 8.03. The number of methoxy groups -OCH3 is 1. The van der Waals surface area contributed by atoms with E-state index in [1.54, 1.807) is 48.5 Å². The molecule has 0 radical (unpaired) electrons. The number of allylic oxidation sites excluding steroid dienone is 1. The number of hydrogen-bond acceptors (Lipinski definition) is 6. The number of nitriles is 1. The Morgan fingerprint density at radius 1 is 1.26 bits per heavy atom. The zero-order chi connectivity index (χ0) is 22.4. The van der Waals surface area contributed by atoms with Crippen LogP contribution in [0.4, 0.5) is 5.69 Å². The van der Waals surface area contributed by atoms with Crippen LogP contribution in [0.3, 0.4) is 0 Å². The van der Waals surface area contributed by atoms with Crippen LogP contribution in [0.5, 0.6) is 0 Å². The van der Waals surface area contributed by atoms with Crippen LogP contribution in [-0.4, -0.2) is 30.6 Å². The Kier molecular flexibility index (Phi) is 7.34. The van der Waals surface area contributed by atoms with Crippen LogP contribution in [0.25, 0.3) is 0 Å². The molecule has 1 aliphatic rings. The number of halogens is 1. The van der Waals surface area contributed by atoms with Crippen LogP contribution >= 0.6 is 23.4 Å². The Morgan fingerprint density at radius 3 is 2.65 bits per heavy atom. The number of ether oxygens (including phenoxy) is 1. The predicted molar refractivity (Wildman–Crippen MR) is 118 cm³/mol. The summed E-state index contributed by atoms with van der Waals surface area (Å²) in [7, 11) is 1.26. The molecular formula is C22H18ClN3O4S. The number of carbonyl (C=O) groups is 3. The van der Waals surface area contributed by atoms with Gasteiger partial charge in [-0.1, -0.05) is 47.6 Å². The van der Waals surface area contributed by atoms with Gasteiger partial charge in [0.1, 0.15) is 0 Å². The van der Waals surface area contributed by atoms with Gasteiger partial charge in [0.2, 0.25) is 11.8 Å². The molecule has 0 bridgehead atoms. The lowest BCUT2D eigenvalue weighted by Crippen LogP contribution is -2.31. The summed E-state index contributed by atoms with van der Waals surface area (Å²) in [5.41, 5.74) is 1.73. The third kappa shape index (κ3) is 5.45. The number of rotatable bonds is 6. The summed E-state index contributed by atoms with van der Waals surface area (Å²) in [4.78, 5) is 36.5. The monoisotopic (exact) mass is 455 g/mol. The lowest BCUT2D eigenvalue weighted by atomic mass is 9.87. The number of benzene rings is 2. The average molecular weight is 456 g/mol. The van der Waals surface area contributed by atoms with Crippen molar-refractivity contribution in [2.75, 3.05) is 18.2 Å². The summed E-state index contributed by atoms with van der Waals surface area (Å²) < 4.78 is 4.72. The Hall–Kier alpha value is -3.28. The maximum atomic E-state index is 12.5. The molecule has 2 aromatic rings. The molecule has 2 N–H and O–H groups in total. The van der Waals surface area contributed by atoms with E-state index >= 15 is 0 Å². The first-order chi connectivity index (χ1) is 14.9. The van der Waals surface area contributed by atoms with Crippen LogP contribution in [0.1, 0.15) is 28.3 Å². The van der Waals surface area contributed by atoms with Crippen LogP contribution < -0.4 is 10.6 Å². The average Bonchev–Trinajstić information content (AvgIpc) is 2.77. The van der Waals surface area contributed by atoms with Crippen molar-refractivity contribution >= 4 is 46.8 Å². The topological polar surface area (TPSA) is 108 Å². The van der Waals surface area contributed by atoms with Gasteiger partial charge in [-0.3, -0.25) is 9.59 Å². The lowest BCUT2D eigenvalue weighted by molar-refractivity contribution is -0.121. The minimum atomic E-state index is -0.566. The third-order valence-corrected chi connectivity index (χ3v) is 5.85. The van der Waals surface area contributed by atoms with Crippen molar-refractivity contribution < 1.29 is 19.1 Å². The van der Waals surface area contributed by atoms with E-state index in [9.17, 15) is 19.6 Å². The van der Waals surface area contributed by atoms with Crippen molar-refractivity contribution in [1.29, 1.82) is 5.26 Å². The predicted octanol–water partition coefficient (Wildman–Crippen LogP) is 3.84. The van der Waals surface area contributed by atoms with Crippen LogP contribution in [0, 0.1) is 11.3 Å². The fourth-order valence-electron chi connectivity index (χ4n) is 3.12. The molecule has 0 aromatic heterocycles. The zero-order valence-corrected chi connectivity index (χ0v) is 18.0. The van der Waals surface area contributed by atoms with Gasteiger partial charge in [0.05, 0.1) is 40.8 Å². The number of para-hydroxylation sites is 1. The minimum absolute atomic E-state index is 0.0658. The number of thioether (sulfide) groups is 1.